The van der Waals surface area contributed by atoms with Crippen molar-refractivity contribution in [3.63, 3.8) is 0 Å². The Bertz CT molecular complexity index is 630. The van der Waals surface area contributed by atoms with Crippen LogP contribution in [0.2, 0.25) is 0 Å². The summed E-state index contributed by atoms with van der Waals surface area (Å²) in [6.45, 7) is 1.45. The van der Waals surface area contributed by atoms with Crippen LogP contribution in [0.15, 0.2) is 28.5 Å². The second kappa shape index (κ2) is 3.83. The second-order valence-corrected chi connectivity index (χ2v) is 5.85. The first-order chi connectivity index (χ1) is 8.14. The molecule has 1 heterocycles. The highest BCUT2D eigenvalue weighted by Gasteiger charge is 2.40. The smallest absolute Gasteiger partial charge is 0.324 e. The van der Waals surface area contributed by atoms with Gasteiger partial charge in [-0.15, -0.1) is 0 Å². The van der Waals surface area contributed by atoms with Gasteiger partial charge in [-0.2, -0.15) is 13.2 Å². The Labute approximate surface area is 102 Å². The first kappa shape index (κ1) is 13.1. The van der Waals surface area contributed by atoms with Gasteiger partial charge in [0.15, 0.2) is 0 Å². The topological polar surface area (TPSA) is 60.2 Å². The monoisotopic (exact) mass is 277 g/mol. The van der Waals surface area contributed by atoms with Gasteiger partial charge in [0.1, 0.15) is 0 Å². The van der Waals surface area contributed by atoms with Gasteiger partial charge in [-0.25, -0.2) is 8.42 Å². The molecule has 0 bridgehead atoms. The van der Waals surface area contributed by atoms with Crippen LogP contribution < -0.4 is 5.73 Å². The summed E-state index contributed by atoms with van der Waals surface area (Å²) < 4.78 is 62.1. The first-order valence-electron chi connectivity index (χ1n) is 5.07. The number of sulfone groups is 1. The second-order valence-electron chi connectivity index (χ2n) is 4.08. The van der Waals surface area contributed by atoms with Crippen molar-refractivity contribution in [3.8, 4) is 0 Å². The van der Waals surface area contributed by atoms with E-state index in [4.69, 9.17) is 5.73 Å². The van der Waals surface area contributed by atoms with Crippen LogP contribution in [0, 0.1) is 0 Å². The van der Waals surface area contributed by atoms with Crippen LogP contribution in [0.1, 0.15) is 18.1 Å². The zero-order valence-electron chi connectivity index (χ0n) is 9.32. The summed E-state index contributed by atoms with van der Waals surface area (Å²) in [6, 6.07) is 2.31. The number of rotatable bonds is 1. The van der Waals surface area contributed by atoms with Crippen molar-refractivity contribution in [1.82, 2.24) is 0 Å². The molecule has 0 amide bonds. The summed E-state index contributed by atoms with van der Waals surface area (Å²) >= 11 is 0. The van der Waals surface area contributed by atoms with Crippen molar-refractivity contribution in [2.75, 3.05) is 0 Å². The lowest BCUT2D eigenvalue weighted by atomic mass is 9.96. The van der Waals surface area contributed by atoms with E-state index in [1.54, 1.807) is 0 Å². The molecule has 2 rings (SSSR count). The molecule has 1 unspecified atom stereocenters. The van der Waals surface area contributed by atoms with Crippen LogP contribution in [0.5, 0.6) is 0 Å². The summed E-state index contributed by atoms with van der Waals surface area (Å²) in [5.74, 6) is 0. The third kappa shape index (κ3) is 1.93. The van der Waals surface area contributed by atoms with E-state index in [1.165, 1.54) is 6.92 Å². The highest BCUT2D eigenvalue weighted by Crippen LogP contribution is 2.43. The molecule has 1 aromatic rings. The SMILES string of the molecule is CC(N)C1=CS(=O)(=O)c2cccc(C(F)(F)F)c21. The van der Waals surface area contributed by atoms with Crippen molar-refractivity contribution in [3.05, 3.63) is 34.7 Å². The number of fused-ring (bicyclic) bond motifs is 1. The number of halogens is 3. The molecule has 0 saturated heterocycles. The minimum Gasteiger partial charge on any atom is -0.324 e. The lowest BCUT2D eigenvalue weighted by Gasteiger charge is -2.15. The number of nitrogens with two attached hydrogens (primary N) is 1. The van der Waals surface area contributed by atoms with E-state index >= 15 is 0 Å². The molecule has 3 nitrogen and oxygen atoms in total. The van der Waals surface area contributed by atoms with Gasteiger partial charge in [0.2, 0.25) is 9.84 Å². The molecule has 0 aromatic heterocycles. The maximum Gasteiger partial charge on any atom is 0.417 e. The Morgan fingerprint density at radius 1 is 1.28 bits per heavy atom. The van der Waals surface area contributed by atoms with Crippen LogP contribution in [-0.4, -0.2) is 14.5 Å². The zero-order chi connectivity index (χ0) is 13.7. The van der Waals surface area contributed by atoms with Crippen molar-refractivity contribution >= 4 is 15.4 Å². The molecule has 1 aromatic carbocycles. The first-order valence-corrected chi connectivity index (χ1v) is 6.62. The maximum absolute atomic E-state index is 12.9. The molecule has 7 heteroatoms. The molecule has 18 heavy (non-hydrogen) atoms. The minimum absolute atomic E-state index is 0.00192. The highest BCUT2D eigenvalue weighted by atomic mass is 32.2. The van der Waals surface area contributed by atoms with E-state index in [9.17, 15) is 21.6 Å². The Morgan fingerprint density at radius 3 is 2.39 bits per heavy atom. The molecule has 98 valence electrons. The van der Waals surface area contributed by atoms with Crippen molar-refractivity contribution < 1.29 is 21.6 Å². The summed E-state index contributed by atoms with van der Waals surface area (Å²) in [7, 11) is -3.82. The van der Waals surface area contributed by atoms with Gasteiger partial charge in [0.05, 0.1) is 10.5 Å². The number of hydrogen-bond acceptors (Lipinski definition) is 3. The molecule has 0 spiro atoms. The van der Waals surface area contributed by atoms with E-state index in [0.717, 1.165) is 23.6 Å². The minimum atomic E-state index is -4.61. The van der Waals surface area contributed by atoms with Gasteiger partial charge in [0.25, 0.3) is 0 Å². The third-order valence-electron chi connectivity index (χ3n) is 2.70. The Morgan fingerprint density at radius 2 is 1.89 bits per heavy atom. The van der Waals surface area contributed by atoms with E-state index in [1.807, 2.05) is 0 Å². The fourth-order valence-electron chi connectivity index (χ4n) is 1.93. The van der Waals surface area contributed by atoms with Crippen molar-refractivity contribution in [2.45, 2.75) is 24.0 Å². The van der Waals surface area contributed by atoms with Crippen molar-refractivity contribution in [1.29, 1.82) is 0 Å². The van der Waals surface area contributed by atoms with Crippen LogP contribution in [0.4, 0.5) is 13.2 Å². The van der Waals surface area contributed by atoms with Crippen molar-refractivity contribution in [2.24, 2.45) is 5.73 Å². The van der Waals surface area contributed by atoms with Crippen LogP contribution in [0.25, 0.3) is 5.57 Å². The summed E-state index contributed by atoms with van der Waals surface area (Å²) in [4.78, 5) is -0.329. The maximum atomic E-state index is 12.9. The normalized spacial score (nSPS) is 19.3. The average Bonchev–Trinajstić information content (AvgIpc) is 2.50. The van der Waals surface area contributed by atoms with E-state index in [0.29, 0.717) is 0 Å². The molecule has 0 saturated carbocycles. The van der Waals surface area contributed by atoms with Crippen LogP contribution in [-0.2, 0) is 16.0 Å². The Balaban J connectivity index is 2.83. The average molecular weight is 277 g/mol. The van der Waals surface area contributed by atoms with Gasteiger partial charge in [-0.1, -0.05) is 6.07 Å². The quantitative estimate of drug-likeness (QED) is 0.856. The predicted octanol–water partition coefficient (Wildman–Crippen LogP) is 2.18. The van der Waals surface area contributed by atoms with Crippen LogP contribution in [0.3, 0.4) is 0 Å². The molecule has 0 aliphatic carbocycles. The summed E-state index contributed by atoms with van der Waals surface area (Å²) in [5.41, 5.74) is 4.26. The molecule has 2 N–H and O–H groups in total. The number of hydrogen-bond donors (Lipinski definition) is 1. The molecule has 1 atom stereocenters. The van der Waals surface area contributed by atoms with E-state index in [-0.39, 0.29) is 16.0 Å². The fraction of sp³-hybridized carbons (Fsp3) is 0.273. The largest absolute Gasteiger partial charge is 0.417 e. The van der Waals surface area contributed by atoms with E-state index < -0.39 is 27.6 Å². The van der Waals surface area contributed by atoms with Gasteiger partial charge < -0.3 is 5.73 Å². The predicted molar refractivity (Wildman–Crippen MR) is 60.3 cm³/mol. The van der Waals surface area contributed by atoms with Gasteiger partial charge in [-0.3, -0.25) is 0 Å². The fourth-order valence-corrected chi connectivity index (χ4v) is 3.50. The standard InChI is InChI=1S/C11H10F3NO2S/c1-6(15)7-5-18(16,17)9-4-2-3-8(10(7)9)11(12,13)14/h2-6H,15H2,1H3. The zero-order valence-corrected chi connectivity index (χ0v) is 10.1. The Hall–Kier alpha value is -1.34. The molecular weight excluding hydrogens is 267 g/mol. The number of alkyl halides is 3. The molecule has 1 aliphatic heterocycles. The Kier molecular flexibility index (Phi) is 2.78. The molecule has 1 aliphatic rings. The van der Waals surface area contributed by atoms with Gasteiger partial charge in [0, 0.05) is 17.0 Å². The lowest BCUT2D eigenvalue weighted by molar-refractivity contribution is -0.137. The van der Waals surface area contributed by atoms with E-state index in [2.05, 4.69) is 0 Å². The summed E-state index contributed by atoms with van der Waals surface area (Å²) in [6.07, 6.45) is -4.61. The molecular formula is C11H10F3NO2S. The summed E-state index contributed by atoms with van der Waals surface area (Å²) in [5, 5.41) is 0.817. The highest BCUT2D eigenvalue weighted by molar-refractivity contribution is 7.95. The lowest BCUT2D eigenvalue weighted by Crippen LogP contribution is -2.19. The van der Waals surface area contributed by atoms with Gasteiger partial charge in [-0.05, 0) is 24.6 Å². The number of benzene rings is 1. The van der Waals surface area contributed by atoms with Crippen LogP contribution >= 0.6 is 0 Å². The molecule has 0 fully saturated rings. The third-order valence-corrected chi connectivity index (χ3v) is 4.22. The van der Waals surface area contributed by atoms with Gasteiger partial charge >= 0.3 is 6.18 Å². The molecule has 0 radical (unpaired) electrons.